The highest BCUT2D eigenvalue weighted by Crippen LogP contribution is 2.03. The lowest BCUT2D eigenvalue weighted by atomic mass is 10.2. The van der Waals surface area contributed by atoms with Gasteiger partial charge < -0.3 is 0 Å². The molecule has 0 saturated carbocycles. The molecule has 0 aromatic carbocycles. The van der Waals surface area contributed by atoms with Crippen molar-refractivity contribution in [2.24, 2.45) is 0 Å². The Morgan fingerprint density at radius 2 is 2.25 bits per heavy atom. The lowest BCUT2D eigenvalue weighted by Gasteiger charge is -1.93. The van der Waals surface area contributed by atoms with E-state index in [0.29, 0.717) is 5.88 Å². The first-order chi connectivity index (χ1) is 3.81. The van der Waals surface area contributed by atoms with Crippen molar-refractivity contribution in [3.63, 3.8) is 0 Å². The minimum Gasteiger partial charge on any atom is -0.122 e. The molecule has 0 amide bonds. The first-order valence-corrected chi connectivity index (χ1v) is 3.18. The first-order valence-electron chi connectivity index (χ1n) is 2.64. The van der Waals surface area contributed by atoms with E-state index >= 15 is 0 Å². The van der Waals surface area contributed by atoms with E-state index in [1.54, 1.807) is 0 Å². The highest BCUT2D eigenvalue weighted by Gasteiger charge is 1.86. The number of allylic oxidation sites excluding steroid dienone is 2. The van der Waals surface area contributed by atoms with Gasteiger partial charge in [-0.25, -0.2) is 0 Å². The summed E-state index contributed by atoms with van der Waals surface area (Å²) in [6.45, 7) is 7.31. The Bertz CT molecular complexity index is 84.4. The van der Waals surface area contributed by atoms with E-state index in [-0.39, 0.29) is 0 Å². The molecule has 8 heavy (non-hydrogen) atoms. The number of hydrogen-bond donors (Lipinski definition) is 0. The van der Waals surface area contributed by atoms with E-state index in [0.717, 1.165) is 18.4 Å². The van der Waals surface area contributed by atoms with Gasteiger partial charge in [-0.05, 0) is 12.8 Å². The van der Waals surface area contributed by atoms with E-state index in [9.17, 15) is 0 Å². The molecule has 0 spiro atoms. The van der Waals surface area contributed by atoms with Crippen molar-refractivity contribution in [3.05, 3.63) is 24.8 Å². The summed E-state index contributed by atoms with van der Waals surface area (Å²) in [4.78, 5) is 0. The fourth-order valence-corrected chi connectivity index (χ4v) is 0.507. The van der Waals surface area contributed by atoms with Crippen LogP contribution in [0.2, 0.25) is 0 Å². The van der Waals surface area contributed by atoms with Gasteiger partial charge in [0, 0.05) is 5.88 Å². The van der Waals surface area contributed by atoms with Gasteiger partial charge in [-0.15, -0.1) is 18.2 Å². The fraction of sp³-hybridized carbons (Fsp3) is 0.429. The molecule has 0 aliphatic heterocycles. The molecule has 0 N–H and O–H groups in total. The van der Waals surface area contributed by atoms with E-state index in [2.05, 4.69) is 13.2 Å². The molecule has 1 heteroatoms. The third-order valence-electron chi connectivity index (χ3n) is 0.891. The van der Waals surface area contributed by atoms with E-state index in [4.69, 9.17) is 11.6 Å². The number of hydrogen-bond acceptors (Lipinski definition) is 0. The van der Waals surface area contributed by atoms with E-state index in [1.807, 2.05) is 6.08 Å². The largest absolute Gasteiger partial charge is 0.122 e. The Morgan fingerprint density at radius 1 is 1.62 bits per heavy atom. The molecule has 0 saturated heterocycles. The fourth-order valence-electron chi connectivity index (χ4n) is 0.373. The van der Waals surface area contributed by atoms with Gasteiger partial charge in [0.15, 0.2) is 0 Å². The lowest BCUT2D eigenvalue weighted by molar-refractivity contribution is 0.989. The van der Waals surface area contributed by atoms with Crippen molar-refractivity contribution in [1.82, 2.24) is 0 Å². The van der Waals surface area contributed by atoms with Gasteiger partial charge in [-0.2, -0.15) is 0 Å². The normalized spacial score (nSPS) is 8.62. The van der Waals surface area contributed by atoms with E-state index < -0.39 is 0 Å². The molecule has 0 aliphatic rings. The molecule has 0 heterocycles. The van der Waals surface area contributed by atoms with Crippen LogP contribution in [0.4, 0.5) is 0 Å². The minimum absolute atomic E-state index is 0.577. The summed E-state index contributed by atoms with van der Waals surface area (Å²) >= 11 is 5.45. The van der Waals surface area contributed by atoms with Gasteiger partial charge in [0.1, 0.15) is 0 Å². The predicted molar refractivity (Wildman–Crippen MR) is 39.3 cm³/mol. The molecule has 0 aliphatic carbocycles. The zero-order chi connectivity index (χ0) is 6.41. The quantitative estimate of drug-likeness (QED) is 0.406. The van der Waals surface area contributed by atoms with Crippen molar-refractivity contribution in [3.8, 4) is 0 Å². The third kappa shape index (κ3) is 3.94. The smallest absolute Gasteiger partial charge is 0.0431 e. The van der Waals surface area contributed by atoms with Gasteiger partial charge >= 0.3 is 0 Å². The summed E-state index contributed by atoms with van der Waals surface area (Å²) in [5, 5.41) is 0. The van der Waals surface area contributed by atoms with Crippen LogP contribution in [-0.2, 0) is 0 Å². The summed E-state index contributed by atoms with van der Waals surface area (Å²) in [6.07, 6.45) is 3.84. The van der Waals surface area contributed by atoms with Crippen molar-refractivity contribution >= 4 is 11.6 Å². The average Bonchev–Trinajstić information content (AvgIpc) is 1.83. The molecule has 46 valence electrons. The number of rotatable bonds is 4. The van der Waals surface area contributed by atoms with E-state index in [1.165, 1.54) is 0 Å². The highest BCUT2D eigenvalue weighted by atomic mass is 35.5. The monoisotopic (exact) mass is 130 g/mol. The summed E-state index contributed by atoms with van der Waals surface area (Å²) in [5.41, 5.74) is 1.09. The van der Waals surface area contributed by atoms with Crippen LogP contribution >= 0.6 is 11.6 Å². The second kappa shape index (κ2) is 4.92. The van der Waals surface area contributed by atoms with Gasteiger partial charge in [-0.1, -0.05) is 18.2 Å². The highest BCUT2D eigenvalue weighted by molar-refractivity contribution is 6.19. The second-order valence-electron chi connectivity index (χ2n) is 1.71. The maximum Gasteiger partial charge on any atom is 0.0431 e. The van der Waals surface area contributed by atoms with Crippen LogP contribution in [0.25, 0.3) is 0 Å². The van der Waals surface area contributed by atoms with Crippen LogP contribution in [0.3, 0.4) is 0 Å². The van der Waals surface area contributed by atoms with Gasteiger partial charge in [-0.3, -0.25) is 0 Å². The lowest BCUT2D eigenvalue weighted by Crippen LogP contribution is -1.79. The van der Waals surface area contributed by atoms with Crippen LogP contribution in [0.5, 0.6) is 0 Å². The Morgan fingerprint density at radius 3 is 2.62 bits per heavy atom. The number of alkyl halides is 1. The molecule has 0 aromatic heterocycles. The van der Waals surface area contributed by atoms with Crippen LogP contribution in [-0.4, -0.2) is 5.88 Å². The zero-order valence-corrected chi connectivity index (χ0v) is 5.75. The van der Waals surface area contributed by atoms with Crippen LogP contribution in [0.1, 0.15) is 12.8 Å². The van der Waals surface area contributed by atoms with Crippen molar-refractivity contribution in [1.29, 1.82) is 0 Å². The number of halogens is 1. The molecule has 0 unspecified atom stereocenters. The molecule has 0 nitrogen and oxygen atoms in total. The van der Waals surface area contributed by atoms with Gasteiger partial charge in [0.05, 0.1) is 0 Å². The van der Waals surface area contributed by atoms with Crippen LogP contribution < -0.4 is 0 Å². The molecule has 0 rings (SSSR count). The van der Waals surface area contributed by atoms with Crippen molar-refractivity contribution in [2.45, 2.75) is 12.8 Å². The molecule has 0 aromatic rings. The molecule has 0 bridgehead atoms. The maximum absolute atomic E-state index is 5.45. The zero-order valence-electron chi connectivity index (χ0n) is 4.99. The summed E-state index contributed by atoms with van der Waals surface area (Å²) in [6, 6.07) is 0. The second-order valence-corrected chi connectivity index (χ2v) is 1.98. The standard InChI is InChI=1S/C7H11Cl/c1-3-4-5-7(2)6-8/h3H,1-2,4-6H2. The van der Waals surface area contributed by atoms with Crippen LogP contribution in [0, 0.1) is 0 Å². The molecule has 0 fully saturated rings. The SMILES string of the molecule is C=CCCC(=C)CCl. The van der Waals surface area contributed by atoms with Crippen LogP contribution in [0.15, 0.2) is 24.8 Å². The topological polar surface area (TPSA) is 0 Å². The molecular weight excluding hydrogens is 120 g/mol. The minimum atomic E-state index is 0.577. The van der Waals surface area contributed by atoms with Gasteiger partial charge in [0.25, 0.3) is 0 Å². The molecule has 0 atom stereocenters. The molecule has 0 radical (unpaired) electrons. The molecular formula is C7H11Cl. The summed E-state index contributed by atoms with van der Waals surface area (Å²) in [5.74, 6) is 0.577. The Hall–Kier alpha value is -0.230. The van der Waals surface area contributed by atoms with Gasteiger partial charge in [0.2, 0.25) is 0 Å². The maximum atomic E-state index is 5.45. The predicted octanol–water partition coefficient (Wildman–Crippen LogP) is 2.75. The average molecular weight is 131 g/mol. The Balaban J connectivity index is 3.11. The Labute approximate surface area is 55.9 Å². The van der Waals surface area contributed by atoms with Crippen molar-refractivity contribution < 1.29 is 0 Å². The summed E-state index contributed by atoms with van der Waals surface area (Å²) < 4.78 is 0. The Kier molecular flexibility index (Phi) is 4.78. The van der Waals surface area contributed by atoms with Crippen molar-refractivity contribution in [2.75, 3.05) is 5.88 Å². The third-order valence-corrected chi connectivity index (χ3v) is 1.27. The summed E-state index contributed by atoms with van der Waals surface area (Å²) in [7, 11) is 0. The first kappa shape index (κ1) is 7.77.